The van der Waals surface area contributed by atoms with Crippen molar-refractivity contribution in [3.63, 3.8) is 0 Å². The summed E-state index contributed by atoms with van der Waals surface area (Å²) >= 11 is 5.16. The Bertz CT molecular complexity index is 766. The first-order valence-electron chi connectivity index (χ1n) is 8.80. The second-order valence-electron chi connectivity index (χ2n) is 7.37. The molecular formula is C18H25BrN4O2S. The number of benzene rings is 1. The van der Waals surface area contributed by atoms with E-state index in [4.69, 9.17) is 4.74 Å². The molecule has 3 rings (SSSR count). The van der Waals surface area contributed by atoms with Crippen molar-refractivity contribution in [3.05, 3.63) is 22.7 Å². The van der Waals surface area contributed by atoms with Crippen LogP contribution in [-0.2, 0) is 4.74 Å². The van der Waals surface area contributed by atoms with E-state index in [1.807, 2.05) is 32.9 Å². The minimum atomic E-state index is -0.440. The zero-order valence-electron chi connectivity index (χ0n) is 15.4. The van der Waals surface area contributed by atoms with Crippen molar-refractivity contribution in [1.82, 2.24) is 14.8 Å². The van der Waals surface area contributed by atoms with Crippen molar-refractivity contribution in [3.8, 4) is 0 Å². The molecule has 1 N–H and O–H groups in total. The highest BCUT2D eigenvalue weighted by atomic mass is 79.9. The van der Waals surface area contributed by atoms with Crippen molar-refractivity contribution >= 4 is 48.7 Å². The van der Waals surface area contributed by atoms with E-state index in [0.717, 1.165) is 41.3 Å². The maximum atomic E-state index is 12.1. The molecule has 0 radical (unpaired) electrons. The lowest BCUT2D eigenvalue weighted by atomic mass is 10.2. The first-order chi connectivity index (χ1) is 12.3. The number of nitrogens with zero attached hydrogens (tertiary/aromatic N) is 3. The van der Waals surface area contributed by atoms with Gasteiger partial charge in [0.15, 0.2) is 5.13 Å². The number of amides is 1. The van der Waals surface area contributed by atoms with Gasteiger partial charge < -0.3 is 15.0 Å². The fourth-order valence-electron chi connectivity index (χ4n) is 2.78. The van der Waals surface area contributed by atoms with Crippen molar-refractivity contribution in [2.75, 3.05) is 44.6 Å². The van der Waals surface area contributed by atoms with Crippen LogP contribution in [-0.4, -0.2) is 65.7 Å². The Kier molecular flexibility index (Phi) is 6.04. The molecule has 8 heteroatoms. The van der Waals surface area contributed by atoms with Gasteiger partial charge in [-0.1, -0.05) is 27.3 Å². The molecule has 1 aromatic heterocycles. The predicted molar refractivity (Wildman–Crippen MR) is 110 cm³/mol. The standard InChI is InChI=1S/C18H25BrN4O2S/c1-18(2,3)25-17(24)23-10-8-22(9-11-23)7-6-20-16-21-14-5-4-13(19)12-15(14)26-16/h4-5,12H,6-11H2,1-3H3,(H,20,21). The lowest BCUT2D eigenvalue weighted by Gasteiger charge is -2.35. The Labute approximate surface area is 166 Å². The molecule has 1 saturated heterocycles. The Morgan fingerprint density at radius 2 is 2.04 bits per heavy atom. The van der Waals surface area contributed by atoms with Gasteiger partial charge >= 0.3 is 6.09 Å². The average molecular weight is 441 g/mol. The van der Waals surface area contributed by atoms with E-state index in [1.165, 1.54) is 4.70 Å². The van der Waals surface area contributed by atoms with Crippen molar-refractivity contribution in [2.45, 2.75) is 26.4 Å². The number of hydrogen-bond acceptors (Lipinski definition) is 6. The molecule has 1 aliphatic rings. The molecule has 6 nitrogen and oxygen atoms in total. The highest BCUT2D eigenvalue weighted by molar-refractivity contribution is 9.10. The summed E-state index contributed by atoms with van der Waals surface area (Å²) in [5, 5.41) is 4.36. The summed E-state index contributed by atoms with van der Waals surface area (Å²) in [4.78, 5) is 20.8. The van der Waals surface area contributed by atoms with Crippen molar-refractivity contribution in [1.29, 1.82) is 0 Å². The highest BCUT2D eigenvalue weighted by Crippen LogP contribution is 2.28. The smallest absolute Gasteiger partial charge is 0.410 e. The molecule has 2 aromatic rings. The third kappa shape index (κ3) is 5.31. The van der Waals surface area contributed by atoms with Crippen LogP contribution in [0, 0.1) is 0 Å². The molecule has 1 amide bonds. The van der Waals surface area contributed by atoms with Crippen LogP contribution < -0.4 is 5.32 Å². The van der Waals surface area contributed by atoms with Gasteiger partial charge in [0, 0.05) is 43.7 Å². The molecule has 26 heavy (non-hydrogen) atoms. The minimum absolute atomic E-state index is 0.212. The molecule has 0 atom stereocenters. The number of thiazole rings is 1. The number of nitrogens with one attached hydrogen (secondary N) is 1. The SMILES string of the molecule is CC(C)(C)OC(=O)N1CCN(CCNc2nc3ccc(Br)cc3s2)CC1. The van der Waals surface area contributed by atoms with Crippen LogP contribution in [0.1, 0.15) is 20.8 Å². The molecule has 0 saturated carbocycles. The predicted octanol–water partition coefficient (Wildman–Crippen LogP) is 4.02. The lowest BCUT2D eigenvalue weighted by molar-refractivity contribution is 0.0148. The molecule has 0 unspecified atom stereocenters. The zero-order chi connectivity index (χ0) is 18.7. The quantitative estimate of drug-likeness (QED) is 0.777. The number of aromatic nitrogens is 1. The van der Waals surface area contributed by atoms with Gasteiger partial charge in [-0.25, -0.2) is 9.78 Å². The molecule has 142 valence electrons. The summed E-state index contributed by atoms with van der Waals surface area (Å²) in [7, 11) is 0. The van der Waals surface area contributed by atoms with E-state index in [9.17, 15) is 4.79 Å². The van der Waals surface area contributed by atoms with Gasteiger partial charge in [0.1, 0.15) is 5.60 Å². The van der Waals surface area contributed by atoms with Crippen LogP contribution in [0.3, 0.4) is 0 Å². The van der Waals surface area contributed by atoms with Crippen LogP contribution in [0.2, 0.25) is 0 Å². The topological polar surface area (TPSA) is 57.7 Å². The van der Waals surface area contributed by atoms with E-state index in [0.29, 0.717) is 13.1 Å². The van der Waals surface area contributed by atoms with Crippen molar-refractivity contribution < 1.29 is 9.53 Å². The summed E-state index contributed by atoms with van der Waals surface area (Å²) in [6.45, 7) is 10.6. The van der Waals surface area contributed by atoms with Gasteiger partial charge in [-0.15, -0.1) is 0 Å². The van der Waals surface area contributed by atoms with Gasteiger partial charge in [-0.05, 0) is 39.0 Å². The number of anilines is 1. The summed E-state index contributed by atoms with van der Waals surface area (Å²) in [6.07, 6.45) is -0.212. The van der Waals surface area contributed by atoms with Crippen LogP contribution in [0.15, 0.2) is 22.7 Å². The van der Waals surface area contributed by atoms with Crippen LogP contribution >= 0.6 is 27.3 Å². The molecule has 2 heterocycles. The first kappa shape index (κ1) is 19.4. The van der Waals surface area contributed by atoms with E-state index < -0.39 is 5.60 Å². The molecule has 1 aliphatic heterocycles. The van der Waals surface area contributed by atoms with Gasteiger partial charge in [0.05, 0.1) is 10.2 Å². The highest BCUT2D eigenvalue weighted by Gasteiger charge is 2.25. The number of carbonyl (C=O) groups is 1. The maximum Gasteiger partial charge on any atom is 0.410 e. The van der Waals surface area contributed by atoms with E-state index in [1.54, 1.807) is 16.2 Å². The number of fused-ring (bicyclic) bond motifs is 1. The van der Waals surface area contributed by atoms with Gasteiger partial charge in [-0.3, -0.25) is 4.90 Å². The van der Waals surface area contributed by atoms with Gasteiger partial charge in [0.2, 0.25) is 0 Å². The molecule has 1 aromatic carbocycles. The van der Waals surface area contributed by atoms with E-state index in [2.05, 4.69) is 37.2 Å². The molecule has 0 bridgehead atoms. The average Bonchev–Trinajstić information content (AvgIpc) is 2.95. The summed E-state index contributed by atoms with van der Waals surface area (Å²) < 4.78 is 7.68. The second kappa shape index (κ2) is 8.10. The Morgan fingerprint density at radius 1 is 1.31 bits per heavy atom. The molecule has 0 spiro atoms. The monoisotopic (exact) mass is 440 g/mol. The lowest BCUT2D eigenvalue weighted by Crippen LogP contribution is -2.50. The van der Waals surface area contributed by atoms with Crippen molar-refractivity contribution in [2.24, 2.45) is 0 Å². The molecular weight excluding hydrogens is 416 g/mol. The van der Waals surface area contributed by atoms with Gasteiger partial charge in [0.25, 0.3) is 0 Å². The Morgan fingerprint density at radius 3 is 2.73 bits per heavy atom. The van der Waals surface area contributed by atoms with Crippen LogP contribution in [0.4, 0.5) is 9.93 Å². The third-order valence-electron chi connectivity index (χ3n) is 4.08. The second-order valence-corrected chi connectivity index (χ2v) is 9.31. The number of halogens is 1. The zero-order valence-corrected chi connectivity index (χ0v) is 17.8. The number of carbonyl (C=O) groups excluding carboxylic acids is 1. The van der Waals surface area contributed by atoms with Gasteiger partial charge in [-0.2, -0.15) is 0 Å². The summed E-state index contributed by atoms with van der Waals surface area (Å²) in [5.74, 6) is 0. The normalized spacial score (nSPS) is 16.1. The Balaban J connectivity index is 1.41. The molecule has 0 aliphatic carbocycles. The first-order valence-corrected chi connectivity index (χ1v) is 10.4. The number of piperazine rings is 1. The number of rotatable bonds is 4. The summed E-state index contributed by atoms with van der Waals surface area (Å²) in [6, 6.07) is 6.13. The third-order valence-corrected chi connectivity index (χ3v) is 5.55. The largest absolute Gasteiger partial charge is 0.444 e. The Hall–Kier alpha value is -1.38. The fraction of sp³-hybridized carbons (Fsp3) is 0.556. The minimum Gasteiger partial charge on any atom is -0.444 e. The number of hydrogen-bond donors (Lipinski definition) is 1. The maximum absolute atomic E-state index is 12.1. The van der Waals surface area contributed by atoms with Crippen LogP contribution in [0.25, 0.3) is 10.2 Å². The van der Waals surface area contributed by atoms with Crippen LogP contribution in [0.5, 0.6) is 0 Å². The summed E-state index contributed by atoms with van der Waals surface area (Å²) in [5.41, 5.74) is 0.581. The molecule has 1 fully saturated rings. The fourth-order valence-corrected chi connectivity index (χ4v) is 4.22. The van der Waals surface area contributed by atoms with E-state index in [-0.39, 0.29) is 6.09 Å². The van der Waals surface area contributed by atoms with E-state index >= 15 is 0 Å². The number of ether oxygens (including phenoxy) is 1.